The monoisotopic (exact) mass is 194 g/mol. The molecule has 72 valence electrons. The minimum atomic E-state index is -0.719. The summed E-state index contributed by atoms with van der Waals surface area (Å²) in [5.41, 5.74) is -0.683. The van der Waals surface area contributed by atoms with Crippen LogP contribution in [0.5, 0.6) is 0 Å². The van der Waals surface area contributed by atoms with Crippen molar-refractivity contribution in [2.24, 2.45) is 7.05 Å². The zero-order chi connectivity index (χ0) is 10.3. The number of rotatable bonds is 1. The Bertz CT molecular complexity index is 568. The Hall–Kier alpha value is -2.18. The van der Waals surface area contributed by atoms with Crippen LogP contribution in [0.1, 0.15) is 0 Å². The fourth-order valence-corrected chi connectivity index (χ4v) is 1.26. The van der Waals surface area contributed by atoms with Crippen LogP contribution in [0.15, 0.2) is 23.3 Å². The lowest BCUT2D eigenvalue weighted by Crippen LogP contribution is -2.20. The molecule has 0 N–H and O–H groups in total. The summed E-state index contributed by atoms with van der Waals surface area (Å²) in [6.07, 6.45) is 2.60. The number of aromatic nitrogens is 3. The van der Waals surface area contributed by atoms with Gasteiger partial charge in [-0.3, -0.25) is 14.9 Å². The molecule has 0 fully saturated rings. The van der Waals surface area contributed by atoms with E-state index in [0.29, 0.717) is 5.65 Å². The largest absolute Gasteiger partial charge is 0.352 e. The molecule has 0 bridgehead atoms. The van der Waals surface area contributed by atoms with E-state index in [1.807, 2.05) is 0 Å². The molecule has 0 saturated heterocycles. The molecule has 0 unspecified atom stereocenters. The minimum absolute atomic E-state index is 0.483. The maximum Gasteiger partial charge on any atom is 0.352 e. The average molecular weight is 194 g/mol. The Kier molecular flexibility index (Phi) is 1.60. The second kappa shape index (κ2) is 2.66. The van der Waals surface area contributed by atoms with Gasteiger partial charge in [0, 0.05) is 13.1 Å². The fourth-order valence-electron chi connectivity index (χ4n) is 1.26. The molecular formula is C7H6N4O3. The van der Waals surface area contributed by atoms with Gasteiger partial charge in [0.05, 0.1) is 17.3 Å². The summed E-state index contributed by atoms with van der Waals surface area (Å²) in [5.74, 6) is 0. The van der Waals surface area contributed by atoms with Crippen LogP contribution in [0.25, 0.3) is 5.65 Å². The molecule has 0 amide bonds. The molecule has 14 heavy (non-hydrogen) atoms. The summed E-state index contributed by atoms with van der Waals surface area (Å²) in [5, 5.41) is 14.2. The molecule has 0 radical (unpaired) electrons. The molecule has 2 rings (SSSR count). The van der Waals surface area contributed by atoms with Crippen LogP contribution in [0, 0.1) is 10.1 Å². The first-order valence-corrected chi connectivity index (χ1v) is 3.79. The lowest BCUT2D eigenvalue weighted by Gasteiger charge is -2.00. The molecule has 2 heterocycles. The molecule has 0 aliphatic heterocycles. The van der Waals surface area contributed by atoms with Crippen molar-refractivity contribution >= 4 is 11.3 Å². The smallest absolute Gasteiger partial charge is 0.329 e. The highest BCUT2D eigenvalue weighted by Gasteiger charge is 2.16. The van der Waals surface area contributed by atoms with Crippen molar-refractivity contribution in [3.05, 3.63) is 38.9 Å². The number of nitrogens with zero attached hydrogens (tertiary/aromatic N) is 4. The molecule has 0 saturated carbocycles. The summed E-state index contributed by atoms with van der Waals surface area (Å²) >= 11 is 0. The number of aryl methyl sites for hydroxylation is 1. The SMILES string of the molecule is Cn1cc([N+](=O)[O-])c(=O)n2nccc12. The van der Waals surface area contributed by atoms with Crippen molar-refractivity contribution < 1.29 is 4.92 Å². The lowest BCUT2D eigenvalue weighted by atomic mass is 10.5. The third-order valence-electron chi connectivity index (χ3n) is 1.91. The lowest BCUT2D eigenvalue weighted by molar-refractivity contribution is -0.386. The van der Waals surface area contributed by atoms with Crippen molar-refractivity contribution in [3.63, 3.8) is 0 Å². The normalized spacial score (nSPS) is 10.6. The van der Waals surface area contributed by atoms with E-state index in [9.17, 15) is 14.9 Å². The minimum Gasteiger partial charge on any atom is -0.329 e. The summed E-state index contributed by atoms with van der Waals surface area (Å²) in [7, 11) is 1.61. The van der Waals surface area contributed by atoms with Gasteiger partial charge in [0.2, 0.25) is 0 Å². The summed E-state index contributed by atoms with van der Waals surface area (Å²) in [4.78, 5) is 21.2. The van der Waals surface area contributed by atoms with E-state index >= 15 is 0 Å². The van der Waals surface area contributed by atoms with Crippen LogP contribution < -0.4 is 5.56 Å². The van der Waals surface area contributed by atoms with Gasteiger partial charge in [0.1, 0.15) is 5.65 Å². The first-order valence-electron chi connectivity index (χ1n) is 3.79. The maximum absolute atomic E-state index is 11.4. The Labute approximate surface area is 77.3 Å². The van der Waals surface area contributed by atoms with Crippen LogP contribution in [-0.2, 0) is 7.05 Å². The van der Waals surface area contributed by atoms with Gasteiger partial charge < -0.3 is 4.57 Å². The van der Waals surface area contributed by atoms with E-state index in [-0.39, 0.29) is 0 Å². The third-order valence-corrected chi connectivity index (χ3v) is 1.91. The van der Waals surface area contributed by atoms with Crippen molar-refractivity contribution in [1.82, 2.24) is 14.2 Å². The maximum atomic E-state index is 11.4. The number of fused-ring (bicyclic) bond motifs is 1. The number of hydrogen-bond acceptors (Lipinski definition) is 4. The van der Waals surface area contributed by atoms with Gasteiger partial charge >= 0.3 is 11.2 Å². The van der Waals surface area contributed by atoms with E-state index in [2.05, 4.69) is 5.10 Å². The zero-order valence-electron chi connectivity index (χ0n) is 7.25. The van der Waals surface area contributed by atoms with Crippen molar-refractivity contribution in [2.45, 2.75) is 0 Å². The highest BCUT2D eigenvalue weighted by Crippen LogP contribution is 2.05. The summed E-state index contributed by atoms with van der Waals surface area (Å²) in [6.45, 7) is 0. The molecule has 0 aliphatic carbocycles. The second-order valence-corrected chi connectivity index (χ2v) is 2.79. The van der Waals surface area contributed by atoms with Crippen LogP contribution in [0.4, 0.5) is 5.69 Å². The van der Waals surface area contributed by atoms with E-state index in [1.165, 1.54) is 17.0 Å². The molecular weight excluding hydrogens is 188 g/mol. The average Bonchev–Trinajstić information content (AvgIpc) is 2.59. The molecule has 0 atom stereocenters. The molecule has 7 nitrogen and oxygen atoms in total. The molecule has 7 heteroatoms. The zero-order valence-corrected chi connectivity index (χ0v) is 7.25. The number of hydrogen-bond donors (Lipinski definition) is 0. The van der Waals surface area contributed by atoms with Gasteiger partial charge in [0.25, 0.3) is 0 Å². The first kappa shape index (κ1) is 8.42. The standard InChI is InChI=1S/C7H6N4O3/c1-9-4-5(11(13)14)7(12)10-6(9)2-3-8-10/h2-4H,1H3. The quantitative estimate of drug-likeness (QED) is 0.470. The third kappa shape index (κ3) is 0.987. The van der Waals surface area contributed by atoms with Gasteiger partial charge in [-0.1, -0.05) is 0 Å². The van der Waals surface area contributed by atoms with E-state index in [0.717, 1.165) is 4.52 Å². The Morgan fingerprint density at radius 3 is 2.93 bits per heavy atom. The second-order valence-electron chi connectivity index (χ2n) is 2.79. The topological polar surface area (TPSA) is 82.4 Å². The molecule has 2 aromatic heterocycles. The molecule has 0 spiro atoms. The Morgan fingerprint density at radius 1 is 1.57 bits per heavy atom. The van der Waals surface area contributed by atoms with E-state index < -0.39 is 16.2 Å². The van der Waals surface area contributed by atoms with Gasteiger partial charge in [-0.2, -0.15) is 9.61 Å². The van der Waals surface area contributed by atoms with Crippen molar-refractivity contribution in [2.75, 3.05) is 0 Å². The molecule has 0 aromatic carbocycles. The highest BCUT2D eigenvalue weighted by molar-refractivity contribution is 5.41. The summed E-state index contributed by atoms with van der Waals surface area (Å²) < 4.78 is 2.48. The van der Waals surface area contributed by atoms with Crippen LogP contribution >= 0.6 is 0 Å². The Balaban J connectivity index is 2.96. The molecule has 0 aliphatic rings. The predicted octanol–water partition coefficient (Wildman–Crippen LogP) is -0.0588. The number of nitro groups is 1. The Morgan fingerprint density at radius 2 is 2.29 bits per heavy atom. The predicted molar refractivity (Wildman–Crippen MR) is 47.1 cm³/mol. The van der Waals surface area contributed by atoms with Crippen LogP contribution in [0.3, 0.4) is 0 Å². The van der Waals surface area contributed by atoms with Crippen molar-refractivity contribution in [1.29, 1.82) is 0 Å². The van der Waals surface area contributed by atoms with Crippen molar-refractivity contribution in [3.8, 4) is 0 Å². The summed E-state index contributed by atoms with van der Waals surface area (Å²) in [6, 6.07) is 1.60. The first-order chi connectivity index (χ1) is 6.61. The van der Waals surface area contributed by atoms with Gasteiger partial charge in [-0.05, 0) is 0 Å². The van der Waals surface area contributed by atoms with Crippen LogP contribution in [0.2, 0.25) is 0 Å². The van der Waals surface area contributed by atoms with E-state index in [1.54, 1.807) is 13.1 Å². The highest BCUT2D eigenvalue weighted by atomic mass is 16.6. The molecule has 2 aromatic rings. The van der Waals surface area contributed by atoms with E-state index in [4.69, 9.17) is 0 Å². The van der Waals surface area contributed by atoms with Gasteiger partial charge in [-0.25, -0.2) is 0 Å². The fraction of sp³-hybridized carbons (Fsp3) is 0.143. The van der Waals surface area contributed by atoms with Crippen LogP contribution in [-0.4, -0.2) is 19.1 Å². The van der Waals surface area contributed by atoms with Gasteiger partial charge in [0.15, 0.2) is 0 Å². The van der Waals surface area contributed by atoms with Gasteiger partial charge in [-0.15, -0.1) is 0 Å².